The number of fused-ring (bicyclic) bond motifs is 1. The van der Waals surface area contributed by atoms with Crippen LogP contribution in [0.3, 0.4) is 0 Å². The molecule has 1 aromatic carbocycles. The van der Waals surface area contributed by atoms with Gasteiger partial charge in [0.2, 0.25) is 5.91 Å². The summed E-state index contributed by atoms with van der Waals surface area (Å²) >= 11 is 1.48. The number of amides is 1. The lowest BCUT2D eigenvalue weighted by molar-refractivity contribution is -0.118. The van der Waals surface area contributed by atoms with Crippen LogP contribution in [0.25, 0.3) is 20.7 Å². The molecule has 21 heavy (non-hydrogen) atoms. The molecule has 0 saturated carbocycles. The smallest absolute Gasteiger partial charge is 0.262 e. The van der Waals surface area contributed by atoms with E-state index in [1.165, 1.54) is 22.2 Å². The van der Waals surface area contributed by atoms with Gasteiger partial charge in [-0.1, -0.05) is 30.3 Å². The first-order valence-corrected chi connectivity index (χ1v) is 7.22. The van der Waals surface area contributed by atoms with Gasteiger partial charge in [-0.25, -0.2) is 4.98 Å². The maximum Gasteiger partial charge on any atom is 0.262 e. The monoisotopic (exact) mass is 299 g/mol. The second kappa shape index (κ2) is 5.14. The number of hydrogen-bond donors (Lipinski definition) is 1. The standard InChI is InChI=1S/C15H13N3O2S/c1-9-12-14(17-8-18(15(12)20)7-11(16)19)21-13(9)10-5-3-2-4-6-10/h2-6,8H,7H2,1H3,(H2,16,19). The average molecular weight is 299 g/mol. The molecule has 1 amide bonds. The molecule has 0 bridgehead atoms. The van der Waals surface area contributed by atoms with E-state index in [1.54, 1.807) is 0 Å². The lowest BCUT2D eigenvalue weighted by Crippen LogP contribution is -2.28. The van der Waals surface area contributed by atoms with Crippen molar-refractivity contribution in [1.29, 1.82) is 0 Å². The van der Waals surface area contributed by atoms with Crippen LogP contribution in [0.4, 0.5) is 0 Å². The number of aryl methyl sites for hydroxylation is 1. The van der Waals surface area contributed by atoms with Gasteiger partial charge in [-0.2, -0.15) is 0 Å². The normalized spacial score (nSPS) is 10.9. The van der Waals surface area contributed by atoms with Crippen molar-refractivity contribution in [3.63, 3.8) is 0 Å². The number of carbonyl (C=O) groups excluding carboxylic acids is 1. The number of hydrogen-bond acceptors (Lipinski definition) is 4. The number of thiophene rings is 1. The van der Waals surface area contributed by atoms with Crippen LogP contribution in [0.1, 0.15) is 5.56 Å². The molecule has 0 aliphatic heterocycles. The van der Waals surface area contributed by atoms with Gasteiger partial charge in [0.15, 0.2) is 0 Å². The minimum atomic E-state index is -0.561. The van der Waals surface area contributed by atoms with E-state index in [1.807, 2.05) is 37.3 Å². The molecule has 0 spiro atoms. The van der Waals surface area contributed by atoms with Gasteiger partial charge < -0.3 is 5.73 Å². The van der Waals surface area contributed by atoms with Crippen LogP contribution in [0.15, 0.2) is 41.5 Å². The van der Waals surface area contributed by atoms with E-state index in [-0.39, 0.29) is 12.1 Å². The molecule has 2 heterocycles. The first-order chi connectivity index (χ1) is 10.1. The molecule has 0 unspecified atom stereocenters. The molecule has 2 N–H and O–H groups in total. The Labute approximate surface area is 124 Å². The van der Waals surface area contributed by atoms with E-state index in [2.05, 4.69) is 4.98 Å². The van der Waals surface area contributed by atoms with Crippen molar-refractivity contribution in [3.8, 4) is 10.4 Å². The number of nitrogens with zero attached hydrogens (tertiary/aromatic N) is 2. The van der Waals surface area contributed by atoms with Gasteiger partial charge in [-0.3, -0.25) is 14.2 Å². The largest absolute Gasteiger partial charge is 0.368 e. The van der Waals surface area contributed by atoms with Crippen LogP contribution in [-0.4, -0.2) is 15.5 Å². The van der Waals surface area contributed by atoms with Crippen LogP contribution in [-0.2, 0) is 11.3 Å². The summed E-state index contributed by atoms with van der Waals surface area (Å²) in [5, 5.41) is 0.558. The Kier molecular flexibility index (Phi) is 3.31. The lowest BCUT2D eigenvalue weighted by Gasteiger charge is -2.02. The molecule has 0 atom stereocenters. The van der Waals surface area contributed by atoms with Crippen LogP contribution in [0.5, 0.6) is 0 Å². The highest BCUT2D eigenvalue weighted by Crippen LogP contribution is 2.35. The van der Waals surface area contributed by atoms with E-state index in [0.29, 0.717) is 10.2 Å². The third-order valence-electron chi connectivity index (χ3n) is 3.28. The third kappa shape index (κ3) is 2.34. The molecular weight excluding hydrogens is 286 g/mol. The molecule has 0 aliphatic carbocycles. The van der Waals surface area contributed by atoms with Crippen LogP contribution < -0.4 is 11.3 Å². The van der Waals surface area contributed by atoms with E-state index in [4.69, 9.17) is 5.73 Å². The summed E-state index contributed by atoms with van der Waals surface area (Å²) in [6.07, 6.45) is 1.38. The summed E-state index contributed by atoms with van der Waals surface area (Å²) in [6, 6.07) is 9.86. The zero-order chi connectivity index (χ0) is 15.0. The highest BCUT2D eigenvalue weighted by atomic mass is 32.1. The van der Waals surface area contributed by atoms with Gasteiger partial charge in [0.1, 0.15) is 11.4 Å². The number of nitrogens with two attached hydrogens (primary N) is 1. The summed E-state index contributed by atoms with van der Waals surface area (Å²) < 4.78 is 1.25. The van der Waals surface area contributed by atoms with Gasteiger partial charge in [0.25, 0.3) is 5.56 Å². The Morgan fingerprint density at radius 1 is 1.33 bits per heavy atom. The predicted octanol–water partition coefficient (Wildman–Crippen LogP) is 1.92. The maximum absolute atomic E-state index is 12.5. The van der Waals surface area contributed by atoms with Crippen molar-refractivity contribution in [2.24, 2.45) is 5.73 Å². The molecule has 3 aromatic rings. The minimum absolute atomic E-state index is 0.155. The first kappa shape index (κ1) is 13.5. The molecule has 0 fully saturated rings. The molecular formula is C15H13N3O2S. The van der Waals surface area contributed by atoms with Crippen molar-refractivity contribution in [3.05, 3.63) is 52.6 Å². The SMILES string of the molecule is Cc1c(-c2ccccc2)sc2ncn(CC(N)=O)c(=O)c12. The quantitative estimate of drug-likeness (QED) is 0.802. The maximum atomic E-state index is 12.5. The second-order valence-corrected chi connectivity index (χ2v) is 5.75. The van der Waals surface area contributed by atoms with Crippen LogP contribution in [0.2, 0.25) is 0 Å². The Hall–Kier alpha value is -2.47. The zero-order valence-corrected chi connectivity index (χ0v) is 12.2. The number of carbonyl (C=O) groups is 1. The molecule has 2 aromatic heterocycles. The van der Waals surface area contributed by atoms with Crippen molar-refractivity contribution < 1.29 is 4.79 Å². The highest BCUT2D eigenvalue weighted by molar-refractivity contribution is 7.22. The molecule has 6 heteroatoms. The summed E-state index contributed by atoms with van der Waals surface area (Å²) in [5.41, 5.74) is 6.86. The summed E-state index contributed by atoms with van der Waals surface area (Å²) in [7, 11) is 0. The Balaban J connectivity index is 2.24. The third-order valence-corrected chi connectivity index (χ3v) is 4.53. The summed E-state index contributed by atoms with van der Waals surface area (Å²) in [5.74, 6) is -0.561. The number of primary amides is 1. The van der Waals surface area contributed by atoms with E-state index >= 15 is 0 Å². The topological polar surface area (TPSA) is 78.0 Å². The van der Waals surface area contributed by atoms with E-state index < -0.39 is 5.91 Å². The van der Waals surface area contributed by atoms with Gasteiger partial charge >= 0.3 is 0 Å². The molecule has 0 radical (unpaired) electrons. The van der Waals surface area contributed by atoms with Crippen LogP contribution in [0, 0.1) is 6.92 Å². The Morgan fingerprint density at radius 3 is 2.71 bits per heavy atom. The minimum Gasteiger partial charge on any atom is -0.368 e. The first-order valence-electron chi connectivity index (χ1n) is 6.40. The molecule has 106 valence electrons. The number of benzene rings is 1. The van der Waals surface area contributed by atoms with Crippen LogP contribution >= 0.6 is 11.3 Å². The number of rotatable bonds is 3. The van der Waals surface area contributed by atoms with Crippen molar-refractivity contribution in [1.82, 2.24) is 9.55 Å². The molecule has 0 aliphatic rings. The average Bonchev–Trinajstić information content (AvgIpc) is 2.80. The summed E-state index contributed by atoms with van der Waals surface area (Å²) in [6.45, 7) is 1.75. The van der Waals surface area contributed by atoms with Gasteiger partial charge in [-0.15, -0.1) is 11.3 Å². The van der Waals surface area contributed by atoms with E-state index in [0.717, 1.165) is 16.0 Å². The van der Waals surface area contributed by atoms with Crippen molar-refractivity contribution >= 4 is 27.5 Å². The Bertz CT molecular complexity index is 881. The molecule has 3 rings (SSSR count). The molecule has 5 nitrogen and oxygen atoms in total. The number of aromatic nitrogens is 2. The Morgan fingerprint density at radius 2 is 2.05 bits per heavy atom. The fourth-order valence-corrected chi connectivity index (χ4v) is 3.45. The van der Waals surface area contributed by atoms with Crippen molar-refractivity contribution in [2.75, 3.05) is 0 Å². The fourth-order valence-electron chi connectivity index (χ4n) is 2.30. The second-order valence-electron chi connectivity index (χ2n) is 4.75. The highest BCUT2D eigenvalue weighted by Gasteiger charge is 2.15. The van der Waals surface area contributed by atoms with E-state index in [9.17, 15) is 9.59 Å². The van der Waals surface area contributed by atoms with Gasteiger partial charge in [-0.05, 0) is 18.1 Å². The molecule has 0 saturated heterocycles. The summed E-state index contributed by atoms with van der Waals surface area (Å²) in [4.78, 5) is 29.4. The van der Waals surface area contributed by atoms with Crippen molar-refractivity contribution in [2.45, 2.75) is 13.5 Å². The lowest BCUT2D eigenvalue weighted by atomic mass is 10.1. The van der Waals surface area contributed by atoms with Gasteiger partial charge in [0, 0.05) is 4.88 Å². The zero-order valence-electron chi connectivity index (χ0n) is 11.4. The van der Waals surface area contributed by atoms with Gasteiger partial charge in [0.05, 0.1) is 11.7 Å². The predicted molar refractivity (Wildman–Crippen MR) is 83.2 cm³/mol. The fraction of sp³-hybridized carbons (Fsp3) is 0.133.